The Hall–Kier alpha value is -1.78. The van der Waals surface area contributed by atoms with Gasteiger partial charge in [-0.25, -0.2) is 13.1 Å². The van der Waals surface area contributed by atoms with E-state index in [1.807, 2.05) is 16.8 Å². The molecule has 0 aliphatic rings. The third kappa shape index (κ3) is 5.61. The number of carbonyl (C=O) groups is 1. The quantitative estimate of drug-likeness (QED) is 0.600. The van der Waals surface area contributed by atoms with Gasteiger partial charge in [-0.1, -0.05) is 0 Å². The fraction of sp³-hybridized carbons (Fsp3) is 0.353. The van der Waals surface area contributed by atoms with E-state index >= 15 is 0 Å². The molecule has 1 heterocycles. The summed E-state index contributed by atoms with van der Waals surface area (Å²) in [6, 6.07) is 6.46. The van der Waals surface area contributed by atoms with Crippen molar-refractivity contribution in [3.05, 3.63) is 46.2 Å². The largest absolute Gasteiger partial charge is 0.394 e. The van der Waals surface area contributed by atoms with Crippen LogP contribution in [0.1, 0.15) is 24.2 Å². The molecular formula is C17H22N2O5S2. The molecule has 0 saturated heterocycles. The van der Waals surface area contributed by atoms with Gasteiger partial charge in [0.15, 0.2) is 0 Å². The lowest BCUT2D eigenvalue weighted by molar-refractivity contribution is -0.114. The van der Waals surface area contributed by atoms with Gasteiger partial charge in [0.2, 0.25) is 15.9 Å². The summed E-state index contributed by atoms with van der Waals surface area (Å²) < 4.78 is 33.4. The maximum absolute atomic E-state index is 12.6. The predicted octanol–water partition coefficient (Wildman–Crippen LogP) is 2.04. The van der Waals surface area contributed by atoms with E-state index in [1.165, 1.54) is 24.3 Å². The summed E-state index contributed by atoms with van der Waals surface area (Å²) in [6.45, 7) is 3.08. The van der Waals surface area contributed by atoms with Crippen LogP contribution < -0.4 is 10.0 Å². The van der Waals surface area contributed by atoms with Crippen molar-refractivity contribution in [1.82, 2.24) is 4.72 Å². The van der Waals surface area contributed by atoms with Gasteiger partial charge < -0.3 is 15.2 Å². The van der Waals surface area contributed by atoms with Crippen molar-refractivity contribution in [3.8, 4) is 0 Å². The molecule has 9 heteroatoms. The lowest BCUT2D eigenvalue weighted by atomic mass is 10.2. The van der Waals surface area contributed by atoms with E-state index in [0.717, 1.165) is 5.56 Å². The number of nitrogens with one attached hydrogen (secondary N) is 2. The second-order valence-corrected chi connectivity index (χ2v) is 8.17. The van der Waals surface area contributed by atoms with Crippen molar-refractivity contribution in [2.45, 2.75) is 24.8 Å². The highest BCUT2D eigenvalue weighted by Crippen LogP contribution is 2.22. The first-order chi connectivity index (χ1) is 12.3. The molecule has 0 aliphatic heterocycles. The van der Waals surface area contributed by atoms with E-state index in [0.29, 0.717) is 11.3 Å². The fourth-order valence-electron chi connectivity index (χ4n) is 2.42. The van der Waals surface area contributed by atoms with Gasteiger partial charge in [0, 0.05) is 19.2 Å². The highest BCUT2D eigenvalue weighted by atomic mass is 32.2. The predicted molar refractivity (Wildman–Crippen MR) is 101 cm³/mol. The molecule has 0 radical (unpaired) electrons. The molecular weight excluding hydrogens is 376 g/mol. The number of hydrogen-bond donors (Lipinski definition) is 3. The number of amides is 1. The van der Waals surface area contributed by atoms with Crippen LogP contribution >= 0.6 is 11.3 Å². The van der Waals surface area contributed by atoms with Crippen LogP contribution in [0, 0.1) is 6.92 Å². The first kappa shape index (κ1) is 20.5. The van der Waals surface area contributed by atoms with E-state index in [1.54, 1.807) is 19.1 Å². The number of aliphatic hydroxyl groups excluding tert-OH is 1. The first-order valence-electron chi connectivity index (χ1n) is 7.96. The van der Waals surface area contributed by atoms with Crippen LogP contribution in [0.3, 0.4) is 0 Å². The maximum atomic E-state index is 12.6. The average Bonchev–Trinajstić information content (AvgIpc) is 3.08. The van der Waals surface area contributed by atoms with Gasteiger partial charge in [-0.05, 0) is 53.1 Å². The minimum Gasteiger partial charge on any atom is -0.394 e. The minimum atomic E-state index is -3.75. The number of aliphatic hydroxyl groups is 1. The van der Waals surface area contributed by atoms with Gasteiger partial charge in [0.25, 0.3) is 0 Å². The molecule has 1 amide bonds. The second kappa shape index (κ2) is 9.24. The molecule has 0 bridgehead atoms. The summed E-state index contributed by atoms with van der Waals surface area (Å²) in [6.07, 6.45) is -0.484. The molecule has 1 aromatic carbocycles. The summed E-state index contributed by atoms with van der Waals surface area (Å²) in [4.78, 5) is 11.2. The normalized spacial score (nSPS) is 12.7. The number of sulfonamides is 1. The Morgan fingerprint density at radius 1 is 1.35 bits per heavy atom. The highest BCUT2D eigenvalue weighted by molar-refractivity contribution is 7.89. The Morgan fingerprint density at radius 2 is 2.12 bits per heavy atom. The smallest absolute Gasteiger partial charge is 0.240 e. The van der Waals surface area contributed by atoms with E-state index in [2.05, 4.69) is 10.0 Å². The molecule has 0 fully saturated rings. The lowest BCUT2D eigenvalue weighted by Gasteiger charge is -2.18. The first-order valence-corrected chi connectivity index (χ1v) is 10.4. The van der Waals surface area contributed by atoms with Gasteiger partial charge in [0.1, 0.15) is 0 Å². The number of benzene rings is 1. The zero-order valence-electron chi connectivity index (χ0n) is 14.6. The zero-order valence-corrected chi connectivity index (χ0v) is 16.2. The topological polar surface area (TPSA) is 105 Å². The molecule has 142 valence electrons. The Labute approximate surface area is 157 Å². The molecule has 2 aromatic rings. The van der Waals surface area contributed by atoms with Crippen molar-refractivity contribution in [3.63, 3.8) is 0 Å². The van der Waals surface area contributed by atoms with E-state index in [-0.39, 0.29) is 30.6 Å². The van der Waals surface area contributed by atoms with Gasteiger partial charge >= 0.3 is 0 Å². The van der Waals surface area contributed by atoms with Gasteiger partial charge in [-0.3, -0.25) is 4.79 Å². The van der Waals surface area contributed by atoms with Crippen LogP contribution in [-0.2, 0) is 19.6 Å². The van der Waals surface area contributed by atoms with Crippen molar-refractivity contribution in [2.75, 3.05) is 25.1 Å². The number of hydrogen-bond acceptors (Lipinski definition) is 6. The monoisotopic (exact) mass is 398 g/mol. The average molecular weight is 399 g/mol. The highest BCUT2D eigenvalue weighted by Gasteiger charge is 2.21. The summed E-state index contributed by atoms with van der Waals surface area (Å²) >= 11 is 1.49. The number of thiophene rings is 1. The molecule has 2 rings (SSSR count). The van der Waals surface area contributed by atoms with Gasteiger partial charge in [-0.15, -0.1) is 0 Å². The van der Waals surface area contributed by atoms with Gasteiger partial charge in [0.05, 0.1) is 24.2 Å². The van der Waals surface area contributed by atoms with E-state index in [9.17, 15) is 13.2 Å². The molecule has 0 aliphatic carbocycles. The molecule has 3 N–H and O–H groups in total. The van der Waals surface area contributed by atoms with Crippen LogP contribution in [0.15, 0.2) is 39.9 Å². The number of anilines is 1. The van der Waals surface area contributed by atoms with Crippen molar-refractivity contribution >= 4 is 33.0 Å². The van der Waals surface area contributed by atoms with Crippen LogP contribution in [-0.4, -0.2) is 39.2 Å². The summed E-state index contributed by atoms with van der Waals surface area (Å²) in [5.74, 6) is -0.224. The second-order valence-electron chi connectivity index (χ2n) is 5.65. The van der Waals surface area contributed by atoms with Gasteiger partial charge in [-0.2, -0.15) is 11.3 Å². The zero-order chi connectivity index (χ0) is 19.2. The molecule has 26 heavy (non-hydrogen) atoms. The molecule has 7 nitrogen and oxygen atoms in total. The summed E-state index contributed by atoms with van der Waals surface area (Å²) in [7, 11) is -3.75. The van der Waals surface area contributed by atoms with E-state index < -0.39 is 16.1 Å². The maximum Gasteiger partial charge on any atom is 0.240 e. The standard InChI is InChI=1S/C17H22N2O5S2/c1-12-9-15(19-13(2)21)3-4-17(12)26(22,23)18-10-16(24-7-6-20)14-5-8-25-11-14/h3-5,8-9,11,16,18,20H,6-7,10H2,1-2H3,(H,19,21). The van der Waals surface area contributed by atoms with Crippen LogP contribution in [0.25, 0.3) is 0 Å². The Bertz CT molecular complexity index is 835. The minimum absolute atomic E-state index is 0.0476. The Kier molecular flexibility index (Phi) is 7.30. The van der Waals surface area contributed by atoms with Crippen LogP contribution in [0.2, 0.25) is 0 Å². The summed E-state index contributed by atoms with van der Waals surface area (Å²) in [5.41, 5.74) is 1.91. The SMILES string of the molecule is CC(=O)Nc1ccc(S(=O)(=O)NCC(OCCO)c2ccsc2)c(C)c1. The fourth-order valence-corrected chi connectivity index (χ4v) is 4.38. The Morgan fingerprint density at radius 3 is 2.69 bits per heavy atom. The number of aryl methyl sites for hydroxylation is 1. The van der Waals surface area contributed by atoms with Crippen LogP contribution in [0.5, 0.6) is 0 Å². The molecule has 1 atom stereocenters. The molecule has 1 unspecified atom stereocenters. The molecule has 1 aromatic heterocycles. The third-order valence-corrected chi connectivity index (χ3v) is 5.85. The number of carbonyl (C=O) groups excluding carboxylic acids is 1. The molecule has 0 saturated carbocycles. The van der Waals surface area contributed by atoms with Crippen molar-refractivity contribution in [2.24, 2.45) is 0 Å². The van der Waals surface area contributed by atoms with Crippen molar-refractivity contribution < 1.29 is 23.1 Å². The van der Waals surface area contributed by atoms with E-state index in [4.69, 9.17) is 9.84 Å². The van der Waals surface area contributed by atoms with Crippen molar-refractivity contribution in [1.29, 1.82) is 0 Å². The lowest BCUT2D eigenvalue weighted by Crippen LogP contribution is -2.30. The summed E-state index contributed by atoms with van der Waals surface area (Å²) in [5, 5.41) is 15.3. The number of ether oxygens (including phenoxy) is 1. The molecule has 0 spiro atoms. The third-order valence-electron chi connectivity index (χ3n) is 3.57. The number of rotatable bonds is 9. The Balaban J connectivity index is 2.13. The van der Waals surface area contributed by atoms with Crippen LogP contribution in [0.4, 0.5) is 5.69 Å².